The van der Waals surface area contributed by atoms with Gasteiger partial charge in [-0.15, -0.1) is 0 Å². The fourth-order valence-electron chi connectivity index (χ4n) is 3.05. The van der Waals surface area contributed by atoms with E-state index in [4.69, 9.17) is 11.6 Å². The highest BCUT2D eigenvalue weighted by Gasteiger charge is 2.42. The zero-order valence-electron chi connectivity index (χ0n) is 9.98. The molecule has 0 amide bonds. The number of nitrogens with one attached hydrogen (secondary N) is 1. The quantitative estimate of drug-likeness (QED) is 0.765. The molecule has 18 heavy (non-hydrogen) atoms. The number of anilines is 1. The number of aryl methyl sites for hydroxylation is 1. The third-order valence-corrected chi connectivity index (χ3v) is 4.27. The summed E-state index contributed by atoms with van der Waals surface area (Å²) >= 11 is 6.29. The molecule has 0 saturated carbocycles. The van der Waals surface area contributed by atoms with E-state index >= 15 is 0 Å². The van der Waals surface area contributed by atoms with Crippen molar-refractivity contribution in [1.29, 1.82) is 0 Å². The Morgan fingerprint density at radius 1 is 1.50 bits per heavy atom. The fourth-order valence-corrected chi connectivity index (χ4v) is 3.34. The Kier molecular flexibility index (Phi) is 2.59. The van der Waals surface area contributed by atoms with E-state index in [1.165, 1.54) is 0 Å². The van der Waals surface area contributed by atoms with Crippen molar-refractivity contribution in [2.45, 2.75) is 25.3 Å². The van der Waals surface area contributed by atoms with Crippen LogP contribution >= 0.6 is 11.6 Å². The first kappa shape index (κ1) is 11.6. The zero-order valence-corrected chi connectivity index (χ0v) is 10.7. The van der Waals surface area contributed by atoms with E-state index in [0.717, 1.165) is 23.2 Å². The van der Waals surface area contributed by atoms with Crippen molar-refractivity contribution >= 4 is 23.3 Å². The lowest BCUT2D eigenvalue weighted by atomic mass is 9.78. The number of rotatable bonds is 1. The van der Waals surface area contributed by atoms with Crippen molar-refractivity contribution in [3.63, 3.8) is 0 Å². The maximum atomic E-state index is 11.4. The molecule has 1 heterocycles. The number of carboxylic acid groups (broad SMARTS) is 1. The van der Waals surface area contributed by atoms with Crippen LogP contribution in [0.5, 0.6) is 0 Å². The van der Waals surface area contributed by atoms with Gasteiger partial charge in [0.15, 0.2) is 0 Å². The second-order valence-corrected chi connectivity index (χ2v) is 5.37. The van der Waals surface area contributed by atoms with E-state index in [2.05, 4.69) is 17.5 Å². The minimum atomic E-state index is -0.793. The molecule has 94 valence electrons. The molecule has 3 atom stereocenters. The van der Waals surface area contributed by atoms with E-state index in [1.54, 1.807) is 0 Å². The third-order valence-electron chi connectivity index (χ3n) is 3.94. The largest absolute Gasteiger partial charge is 0.480 e. The molecule has 1 aliphatic heterocycles. The maximum Gasteiger partial charge on any atom is 0.326 e. The molecule has 1 aromatic carbocycles. The molecule has 0 bridgehead atoms. The minimum absolute atomic E-state index is 0.0642. The van der Waals surface area contributed by atoms with Crippen molar-refractivity contribution in [1.82, 2.24) is 0 Å². The summed E-state index contributed by atoms with van der Waals surface area (Å²) in [6, 6.07) is 3.28. The average Bonchev–Trinajstić information content (AvgIpc) is 2.81. The van der Waals surface area contributed by atoms with Gasteiger partial charge in [0.05, 0.1) is 0 Å². The van der Waals surface area contributed by atoms with Crippen molar-refractivity contribution < 1.29 is 9.90 Å². The molecule has 2 N–H and O–H groups in total. The van der Waals surface area contributed by atoms with Crippen LogP contribution in [0.3, 0.4) is 0 Å². The SMILES string of the molecule is Cc1ccc(Cl)c2c1N[C@@H](C(=O)O)[C@H]1CC=C[C@@H]21. The van der Waals surface area contributed by atoms with Gasteiger partial charge in [0, 0.05) is 28.1 Å². The van der Waals surface area contributed by atoms with Gasteiger partial charge < -0.3 is 10.4 Å². The van der Waals surface area contributed by atoms with E-state index in [9.17, 15) is 9.90 Å². The molecular weight excluding hydrogens is 250 g/mol. The lowest BCUT2D eigenvalue weighted by Crippen LogP contribution is -2.42. The van der Waals surface area contributed by atoms with E-state index < -0.39 is 12.0 Å². The number of benzene rings is 1. The van der Waals surface area contributed by atoms with E-state index in [-0.39, 0.29) is 11.8 Å². The van der Waals surface area contributed by atoms with Crippen molar-refractivity contribution in [3.8, 4) is 0 Å². The molecule has 0 spiro atoms. The van der Waals surface area contributed by atoms with Crippen molar-refractivity contribution in [2.24, 2.45) is 5.92 Å². The van der Waals surface area contributed by atoms with Crippen LogP contribution in [0.2, 0.25) is 5.02 Å². The van der Waals surface area contributed by atoms with Crippen molar-refractivity contribution in [2.75, 3.05) is 5.32 Å². The Hall–Kier alpha value is -1.48. The summed E-state index contributed by atoms with van der Waals surface area (Å²) in [6.07, 6.45) is 4.94. The number of fused-ring (bicyclic) bond motifs is 3. The Balaban J connectivity index is 2.17. The molecule has 0 radical (unpaired) electrons. The second kappa shape index (κ2) is 4.02. The normalized spacial score (nSPS) is 28.4. The maximum absolute atomic E-state index is 11.4. The van der Waals surface area contributed by atoms with Gasteiger partial charge in [0.1, 0.15) is 6.04 Å². The van der Waals surface area contributed by atoms with Crippen LogP contribution in [-0.2, 0) is 4.79 Å². The van der Waals surface area contributed by atoms with E-state index in [1.807, 2.05) is 19.1 Å². The summed E-state index contributed by atoms with van der Waals surface area (Å²) in [5, 5.41) is 13.2. The molecule has 0 fully saturated rings. The van der Waals surface area contributed by atoms with Gasteiger partial charge in [0.25, 0.3) is 0 Å². The Morgan fingerprint density at radius 2 is 2.28 bits per heavy atom. The molecular formula is C14H14ClNO2. The van der Waals surface area contributed by atoms with Gasteiger partial charge in [-0.25, -0.2) is 4.79 Å². The molecule has 1 aromatic rings. The number of allylic oxidation sites excluding steroid dienone is 2. The number of halogens is 1. The molecule has 1 aliphatic carbocycles. The Labute approximate surface area is 110 Å². The lowest BCUT2D eigenvalue weighted by Gasteiger charge is -2.36. The van der Waals surface area contributed by atoms with Gasteiger partial charge in [-0.05, 0) is 25.0 Å². The zero-order chi connectivity index (χ0) is 12.9. The first-order chi connectivity index (χ1) is 8.59. The number of carboxylic acids is 1. The molecule has 0 unspecified atom stereocenters. The summed E-state index contributed by atoms with van der Waals surface area (Å²) in [4.78, 5) is 11.4. The highest BCUT2D eigenvalue weighted by Crippen LogP contribution is 2.48. The fraction of sp³-hybridized carbons (Fsp3) is 0.357. The molecule has 0 saturated heterocycles. The predicted molar refractivity (Wildman–Crippen MR) is 71.2 cm³/mol. The highest BCUT2D eigenvalue weighted by molar-refractivity contribution is 6.32. The number of aliphatic carboxylic acids is 1. The topological polar surface area (TPSA) is 49.3 Å². The first-order valence-corrected chi connectivity index (χ1v) is 6.42. The van der Waals surface area contributed by atoms with Crippen molar-refractivity contribution in [3.05, 3.63) is 40.4 Å². The minimum Gasteiger partial charge on any atom is -0.480 e. The Morgan fingerprint density at radius 3 is 3.00 bits per heavy atom. The van der Waals surface area contributed by atoms with Gasteiger partial charge in [-0.3, -0.25) is 0 Å². The van der Waals surface area contributed by atoms with Gasteiger partial charge >= 0.3 is 5.97 Å². The van der Waals surface area contributed by atoms with Crippen LogP contribution in [0.25, 0.3) is 0 Å². The van der Waals surface area contributed by atoms with Gasteiger partial charge in [-0.2, -0.15) is 0 Å². The first-order valence-electron chi connectivity index (χ1n) is 6.04. The standard InChI is InChI=1S/C14H14ClNO2/c1-7-5-6-10(15)11-8-3-2-4-9(8)13(14(17)18)16-12(7)11/h2-3,5-6,8-9,13,16H,4H2,1H3,(H,17,18)/t8-,9+,13-/m1/s1. The summed E-state index contributed by atoms with van der Waals surface area (Å²) in [5.74, 6) is -0.609. The van der Waals surface area contributed by atoms with Gasteiger partial charge in [0.2, 0.25) is 0 Å². The summed E-state index contributed by atoms with van der Waals surface area (Å²) in [6.45, 7) is 1.97. The molecule has 0 aromatic heterocycles. The highest BCUT2D eigenvalue weighted by atomic mass is 35.5. The monoisotopic (exact) mass is 263 g/mol. The van der Waals surface area contributed by atoms with Crippen LogP contribution < -0.4 is 5.32 Å². The summed E-state index contributed by atoms with van der Waals surface area (Å²) < 4.78 is 0. The lowest BCUT2D eigenvalue weighted by molar-refractivity contribution is -0.139. The Bertz CT molecular complexity index is 553. The third kappa shape index (κ3) is 1.54. The summed E-state index contributed by atoms with van der Waals surface area (Å²) in [7, 11) is 0. The van der Waals surface area contributed by atoms with Crippen LogP contribution in [0, 0.1) is 12.8 Å². The van der Waals surface area contributed by atoms with Crippen LogP contribution in [0.4, 0.5) is 5.69 Å². The smallest absolute Gasteiger partial charge is 0.326 e. The average molecular weight is 264 g/mol. The summed E-state index contributed by atoms with van der Waals surface area (Å²) in [5.41, 5.74) is 2.98. The van der Waals surface area contributed by atoms with Crippen LogP contribution in [0.15, 0.2) is 24.3 Å². The molecule has 3 nitrogen and oxygen atoms in total. The second-order valence-electron chi connectivity index (χ2n) is 4.97. The molecule has 4 heteroatoms. The van der Waals surface area contributed by atoms with Gasteiger partial charge in [-0.1, -0.05) is 29.8 Å². The predicted octanol–water partition coefficient (Wildman–Crippen LogP) is 3.19. The number of hydrogen-bond donors (Lipinski definition) is 2. The van der Waals surface area contributed by atoms with Crippen LogP contribution in [-0.4, -0.2) is 17.1 Å². The number of carbonyl (C=O) groups is 1. The molecule has 2 aliphatic rings. The molecule has 3 rings (SSSR count). The van der Waals surface area contributed by atoms with E-state index in [0.29, 0.717) is 5.02 Å². The number of hydrogen-bond acceptors (Lipinski definition) is 2. The van der Waals surface area contributed by atoms with Crippen LogP contribution in [0.1, 0.15) is 23.5 Å².